The zero-order valence-corrected chi connectivity index (χ0v) is 19.6. The molecule has 0 aromatic heterocycles. The van der Waals surface area contributed by atoms with E-state index in [9.17, 15) is 14.4 Å². The van der Waals surface area contributed by atoms with E-state index >= 15 is 0 Å². The summed E-state index contributed by atoms with van der Waals surface area (Å²) in [7, 11) is 1.61. The molecule has 0 spiro atoms. The molecule has 1 aliphatic rings. The molecule has 1 fully saturated rings. The van der Waals surface area contributed by atoms with Crippen molar-refractivity contribution in [3.8, 4) is 5.75 Å². The Bertz CT molecular complexity index is 997. The van der Waals surface area contributed by atoms with Gasteiger partial charge in [-0.15, -0.1) is 0 Å². The van der Waals surface area contributed by atoms with Crippen molar-refractivity contribution in [2.24, 2.45) is 0 Å². The summed E-state index contributed by atoms with van der Waals surface area (Å²) in [6, 6.07) is 16.8. The van der Waals surface area contributed by atoms with E-state index in [4.69, 9.17) is 4.74 Å². The predicted molar refractivity (Wildman–Crippen MR) is 125 cm³/mol. The number of hydrogen-bond acceptors (Lipinski definition) is 5. The zero-order chi connectivity index (χ0) is 24.0. The third kappa shape index (κ3) is 5.70. The lowest BCUT2D eigenvalue weighted by Crippen LogP contribution is -2.51. The lowest BCUT2D eigenvalue weighted by Gasteiger charge is -2.28. The van der Waals surface area contributed by atoms with E-state index in [0.717, 1.165) is 21.9 Å². The molecule has 33 heavy (non-hydrogen) atoms. The lowest BCUT2D eigenvalue weighted by atomic mass is 9.93. The molecule has 0 bridgehead atoms. The van der Waals surface area contributed by atoms with E-state index in [0.29, 0.717) is 19.4 Å². The van der Waals surface area contributed by atoms with Crippen LogP contribution in [0.3, 0.4) is 0 Å². The number of hydrogen-bond donors (Lipinski definition) is 2. The second kappa shape index (κ2) is 10.5. The minimum absolute atomic E-state index is 0.0344. The first-order valence-corrected chi connectivity index (χ1v) is 11.2. The maximum Gasteiger partial charge on any atom is 0.344 e. The highest BCUT2D eigenvalue weighted by atomic mass is 16.5. The number of rotatable bonds is 10. The maximum absolute atomic E-state index is 13.0. The summed E-state index contributed by atoms with van der Waals surface area (Å²) in [5.74, 6) is -0.142. The van der Waals surface area contributed by atoms with Crippen molar-refractivity contribution in [2.45, 2.75) is 45.2 Å². The molecule has 2 atom stereocenters. The Morgan fingerprint density at radius 1 is 1.18 bits per heavy atom. The monoisotopic (exact) mass is 452 g/mol. The summed E-state index contributed by atoms with van der Waals surface area (Å²) >= 11 is 0. The van der Waals surface area contributed by atoms with Crippen LogP contribution in [-0.2, 0) is 16.0 Å². The summed E-state index contributed by atoms with van der Waals surface area (Å²) in [6.45, 7) is 6.29. The third-order valence-corrected chi connectivity index (χ3v) is 6.13. The van der Waals surface area contributed by atoms with Crippen molar-refractivity contribution >= 4 is 17.8 Å². The Morgan fingerprint density at radius 3 is 2.58 bits per heavy atom. The van der Waals surface area contributed by atoms with Crippen LogP contribution in [0, 0.1) is 0 Å². The maximum atomic E-state index is 13.0. The molecule has 3 rings (SSSR count). The van der Waals surface area contributed by atoms with Crippen molar-refractivity contribution in [1.82, 2.24) is 20.7 Å². The number of likely N-dealkylation sites (N-methyl/N-ethyl adjacent to an activating group) is 1. The van der Waals surface area contributed by atoms with Crippen LogP contribution < -0.4 is 15.5 Å². The van der Waals surface area contributed by atoms with Crippen molar-refractivity contribution in [2.75, 3.05) is 20.2 Å². The fourth-order valence-electron chi connectivity index (χ4n) is 3.97. The van der Waals surface area contributed by atoms with Gasteiger partial charge < -0.3 is 10.1 Å². The first-order chi connectivity index (χ1) is 15.8. The Hall–Kier alpha value is -3.39. The SMILES string of the molecule is CCN(CC(=O)NN1C(=O)NC(C)(CCc2ccccc2)C1=O)C(C)c1cccc(OC)c1. The number of urea groups is 1. The largest absolute Gasteiger partial charge is 0.497 e. The number of ether oxygens (including phenoxy) is 1. The highest BCUT2D eigenvalue weighted by Gasteiger charge is 2.48. The molecule has 8 heteroatoms. The lowest BCUT2D eigenvalue weighted by molar-refractivity contribution is -0.139. The number of amides is 4. The highest BCUT2D eigenvalue weighted by Crippen LogP contribution is 2.24. The molecule has 2 N–H and O–H groups in total. The van der Waals surface area contributed by atoms with Crippen LogP contribution in [0.5, 0.6) is 5.75 Å². The molecule has 0 aliphatic carbocycles. The van der Waals surface area contributed by atoms with Gasteiger partial charge in [0.15, 0.2) is 0 Å². The number of aryl methyl sites for hydroxylation is 1. The first-order valence-electron chi connectivity index (χ1n) is 11.2. The van der Waals surface area contributed by atoms with Crippen molar-refractivity contribution in [3.05, 3.63) is 65.7 Å². The van der Waals surface area contributed by atoms with Crippen LogP contribution >= 0.6 is 0 Å². The number of methoxy groups -OCH3 is 1. The molecule has 0 saturated carbocycles. The van der Waals surface area contributed by atoms with Crippen molar-refractivity contribution in [3.63, 3.8) is 0 Å². The number of imide groups is 1. The van der Waals surface area contributed by atoms with Crippen LogP contribution in [0.15, 0.2) is 54.6 Å². The Morgan fingerprint density at radius 2 is 1.91 bits per heavy atom. The van der Waals surface area contributed by atoms with E-state index < -0.39 is 23.4 Å². The molecule has 176 valence electrons. The van der Waals surface area contributed by atoms with E-state index in [1.54, 1.807) is 14.0 Å². The number of nitrogens with zero attached hydrogens (tertiary/aromatic N) is 2. The fourth-order valence-corrected chi connectivity index (χ4v) is 3.97. The second-order valence-corrected chi connectivity index (χ2v) is 8.44. The molecule has 2 aromatic carbocycles. The molecule has 1 aliphatic heterocycles. The van der Waals surface area contributed by atoms with Gasteiger partial charge in [0.25, 0.3) is 11.8 Å². The second-order valence-electron chi connectivity index (χ2n) is 8.44. The molecule has 0 radical (unpaired) electrons. The average molecular weight is 453 g/mol. The molecule has 2 aromatic rings. The van der Waals surface area contributed by atoms with Crippen molar-refractivity contribution in [1.29, 1.82) is 0 Å². The average Bonchev–Trinajstić information content (AvgIpc) is 3.04. The molecule has 1 heterocycles. The number of carbonyl (C=O) groups excluding carboxylic acids is 3. The highest BCUT2D eigenvalue weighted by molar-refractivity contribution is 6.07. The van der Waals surface area contributed by atoms with Gasteiger partial charge in [0, 0.05) is 6.04 Å². The molecule has 2 unspecified atom stereocenters. The van der Waals surface area contributed by atoms with Crippen LogP contribution in [0.25, 0.3) is 0 Å². The number of carbonyl (C=O) groups is 3. The van der Waals surface area contributed by atoms with E-state index in [-0.39, 0.29) is 12.6 Å². The summed E-state index contributed by atoms with van der Waals surface area (Å²) in [5.41, 5.74) is 3.51. The fraction of sp³-hybridized carbons (Fsp3) is 0.400. The smallest absolute Gasteiger partial charge is 0.344 e. The van der Waals surface area contributed by atoms with E-state index in [1.165, 1.54) is 0 Å². The first kappa shape index (κ1) is 24.3. The van der Waals surface area contributed by atoms with Crippen LogP contribution in [0.4, 0.5) is 4.79 Å². The quantitative estimate of drug-likeness (QED) is 0.541. The summed E-state index contributed by atoms with van der Waals surface area (Å²) in [5, 5.41) is 3.53. The van der Waals surface area contributed by atoms with Gasteiger partial charge >= 0.3 is 6.03 Å². The summed E-state index contributed by atoms with van der Waals surface area (Å²) in [4.78, 5) is 40.2. The standard InChI is InChI=1S/C25H32N4O4/c1-5-28(18(2)20-12-9-13-21(16-20)33-4)17-22(30)27-29-23(31)25(3,26-24(29)32)15-14-19-10-7-6-8-11-19/h6-13,16,18H,5,14-15,17H2,1-4H3,(H,26,32)(H,27,30). The third-order valence-electron chi connectivity index (χ3n) is 6.13. The summed E-state index contributed by atoms with van der Waals surface area (Å²) < 4.78 is 5.29. The van der Waals surface area contributed by atoms with Gasteiger partial charge in [0.2, 0.25) is 0 Å². The number of hydrazine groups is 1. The molecule has 8 nitrogen and oxygen atoms in total. The van der Waals surface area contributed by atoms with E-state index in [1.807, 2.05) is 73.3 Å². The Labute approximate surface area is 194 Å². The van der Waals surface area contributed by atoms with E-state index in [2.05, 4.69) is 10.7 Å². The Balaban J connectivity index is 1.61. The van der Waals surface area contributed by atoms with Gasteiger partial charge in [-0.1, -0.05) is 49.4 Å². The molecule has 1 saturated heterocycles. The van der Waals surface area contributed by atoms with Crippen LogP contribution in [0.1, 0.15) is 44.4 Å². The van der Waals surface area contributed by atoms with Gasteiger partial charge in [-0.05, 0) is 56.5 Å². The van der Waals surface area contributed by atoms with Gasteiger partial charge in [-0.3, -0.25) is 19.9 Å². The van der Waals surface area contributed by atoms with Crippen LogP contribution in [0.2, 0.25) is 0 Å². The van der Waals surface area contributed by atoms with Gasteiger partial charge in [-0.2, -0.15) is 5.01 Å². The Kier molecular flexibility index (Phi) is 7.71. The topological polar surface area (TPSA) is 91.0 Å². The predicted octanol–water partition coefficient (Wildman–Crippen LogP) is 3.05. The molecular weight excluding hydrogens is 420 g/mol. The van der Waals surface area contributed by atoms with Gasteiger partial charge in [-0.25, -0.2) is 4.79 Å². The zero-order valence-electron chi connectivity index (χ0n) is 19.6. The number of nitrogens with one attached hydrogen (secondary N) is 2. The van der Waals surface area contributed by atoms with Crippen LogP contribution in [-0.4, -0.2) is 53.5 Å². The normalized spacial score (nSPS) is 18.9. The minimum atomic E-state index is -1.07. The molecular formula is C25H32N4O4. The summed E-state index contributed by atoms with van der Waals surface area (Å²) in [6.07, 6.45) is 1.06. The number of benzene rings is 2. The minimum Gasteiger partial charge on any atom is -0.497 e. The van der Waals surface area contributed by atoms with Gasteiger partial charge in [0.05, 0.1) is 13.7 Å². The van der Waals surface area contributed by atoms with Gasteiger partial charge in [0.1, 0.15) is 11.3 Å². The molecule has 4 amide bonds. The van der Waals surface area contributed by atoms with Crippen molar-refractivity contribution < 1.29 is 19.1 Å².